The van der Waals surface area contributed by atoms with E-state index in [4.69, 9.17) is 4.98 Å². The fourth-order valence-corrected chi connectivity index (χ4v) is 5.05. The van der Waals surface area contributed by atoms with E-state index >= 15 is 0 Å². The number of anilines is 2. The zero-order valence-electron chi connectivity index (χ0n) is 16.9. The number of hydrogen-bond donors (Lipinski definition) is 1. The molecule has 1 aliphatic rings. The second kappa shape index (κ2) is 8.76. The lowest BCUT2D eigenvalue weighted by Crippen LogP contribution is -2.47. The van der Waals surface area contributed by atoms with Gasteiger partial charge in [0.15, 0.2) is 0 Å². The fraction of sp³-hybridized carbons (Fsp3) is 0.350. The molecule has 4 rings (SSSR count). The molecule has 1 fully saturated rings. The van der Waals surface area contributed by atoms with E-state index in [9.17, 15) is 8.42 Å². The lowest BCUT2D eigenvalue weighted by atomic mass is 10.3. The van der Waals surface area contributed by atoms with Crippen LogP contribution < -0.4 is 5.32 Å². The molecule has 3 aromatic heterocycles. The summed E-state index contributed by atoms with van der Waals surface area (Å²) in [5, 5.41) is 4.24. The molecule has 3 aromatic rings. The first kappa shape index (κ1) is 20.9. The normalized spacial score (nSPS) is 15.9. The van der Waals surface area contributed by atoms with Crippen LogP contribution in [0.25, 0.3) is 10.6 Å². The van der Waals surface area contributed by atoms with Crippen molar-refractivity contribution in [1.82, 2.24) is 24.2 Å². The standard InChI is InChI=1S/C20H24N6O2S2/c1-15-6-7-21-19(12-15)24-18-5-3-4-16(23-18)17-13-22-20(29-17)14-25-8-10-26(11-9-25)30(2,27)28/h3-7,12-13H,8-11,14H2,1-2H3,(H,21,23,24). The van der Waals surface area contributed by atoms with Crippen molar-refractivity contribution in [3.63, 3.8) is 0 Å². The first-order chi connectivity index (χ1) is 14.4. The molecule has 30 heavy (non-hydrogen) atoms. The van der Waals surface area contributed by atoms with E-state index in [2.05, 4.69) is 20.2 Å². The Bertz CT molecular complexity index is 1120. The quantitative estimate of drug-likeness (QED) is 0.625. The molecular weight excluding hydrogens is 420 g/mol. The van der Waals surface area contributed by atoms with Gasteiger partial charge in [-0.05, 0) is 36.8 Å². The number of nitrogens with zero attached hydrogens (tertiary/aromatic N) is 5. The van der Waals surface area contributed by atoms with Gasteiger partial charge >= 0.3 is 0 Å². The number of aromatic nitrogens is 3. The maximum Gasteiger partial charge on any atom is 0.211 e. The Hall–Kier alpha value is -2.40. The highest BCUT2D eigenvalue weighted by molar-refractivity contribution is 7.88. The summed E-state index contributed by atoms with van der Waals surface area (Å²) in [4.78, 5) is 16.8. The van der Waals surface area contributed by atoms with Gasteiger partial charge in [-0.15, -0.1) is 11.3 Å². The van der Waals surface area contributed by atoms with E-state index in [-0.39, 0.29) is 0 Å². The van der Waals surface area contributed by atoms with Crippen molar-refractivity contribution < 1.29 is 8.42 Å². The molecule has 0 atom stereocenters. The molecule has 0 aliphatic carbocycles. The SMILES string of the molecule is Cc1ccnc(Nc2cccc(-c3cnc(CN4CCN(S(C)(=O)=O)CC4)s3)n2)c1. The largest absolute Gasteiger partial charge is 0.325 e. The van der Waals surface area contributed by atoms with Crippen LogP contribution in [0, 0.1) is 6.92 Å². The van der Waals surface area contributed by atoms with Gasteiger partial charge in [0.1, 0.15) is 16.6 Å². The second-order valence-corrected chi connectivity index (χ2v) is 10.4. The van der Waals surface area contributed by atoms with Crippen LogP contribution in [0.4, 0.5) is 11.6 Å². The van der Waals surface area contributed by atoms with Gasteiger partial charge in [0.05, 0.1) is 23.4 Å². The molecule has 0 unspecified atom stereocenters. The first-order valence-corrected chi connectivity index (χ1v) is 12.3. The Kier molecular flexibility index (Phi) is 6.09. The van der Waals surface area contributed by atoms with Crippen LogP contribution in [0.15, 0.2) is 42.7 Å². The van der Waals surface area contributed by atoms with Crippen molar-refractivity contribution in [2.45, 2.75) is 13.5 Å². The van der Waals surface area contributed by atoms with Crippen molar-refractivity contribution in [3.8, 4) is 10.6 Å². The van der Waals surface area contributed by atoms with Gasteiger partial charge in [0.2, 0.25) is 10.0 Å². The molecule has 1 aliphatic heterocycles. The number of rotatable bonds is 6. The molecule has 1 N–H and O–H groups in total. The third-order valence-electron chi connectivity index (χ3n) is 4.89. The molecule has 0 spiro atoms. The zero-order chi connectivity index (χ0) is 21.1. The Morgan fingerprint density at radius 3 is 2.63 bits per heavy atom. The van der Waals surface area contributed by atoms with Crippen molar-refractivity contribution in [2.75, 3.05) is 37.8 Å². The Balaban J connectivity index is 1.41. The lowest BCUT2D eigenvalue weighted by Gasteiger charge is -2.32. The van der Waals surface area contributed by atoms with Crippen LogP contribution in [0.1, 0.15) is 10.6 Å². The van der Waals surface area contributed by atoms with Gasteiger partial charge < -0.3 is 5.32 Å². The summed E-state index contributed by atoms with van der Waals surface area (Å²) >= 11 is 1.61. The summed E-state index contributed by atoms with van der Waals surface area (Å²) in [5.41, 5.74) is 1.99. The lowest BCUT2D eigenvalue weighted by molar-refractivity contribution is 0.182. The minimum atomic E-state index is -3.11. The van der Waals surface area contributed by atoms with E-state index in [1.807, 2.05) is 43.5 Å². The van der Waals surface area contributed by atoms with Gasteiger partial charge in [-0.1, -0.05) is 6.07 Å². The van der Waals surface area contributed by atoms with Crippen molar-refractivity contribution in [1.29, 1.82) is 0 Å². The van der Waals surface area contributed by atoms with E-state index in [1.54, 1.807) is 17.5 Å². The maximum atomic E-state index is 11.7. The van der Waals surface area contributed by atoms with Crippen LogP contribution in [-0.2, 0) is 16.6 Å². The minimum absolute atomic E-state index is 0.527. The van der Waals surface area contributed by atoms with Crippen molar-refractivity contribution >= 4 is 33.0 Å². The molecule has 0 bridgehead atoms. The molecule has 0 aromatic carbocycles. The number of pyridine rings is 2. The predicted molar refractivity (Wildman–Crippen MR) is 119 cm³/mol. The summed E-state index contributed by atoms with van der Waals surface area (Å²) in [7, 11) is -3.11. The highest BCUT2D eigenvalue weighted by atomic mass is 32.2. The maximum absolute atomic E-state index is 11.7. The summed E-state index contributed by atoms with van der Waals surface area (Å²) in [5.74, 6) is 1.50. The van der Waals surface area contributed by atoms with E-state index in [0.717, 1.165) is 32.8 Å². The third kappa shape index (κ3) is 5.20. The highest BCUT2D eigenvalue weighted by Crippen LogP contribution is 2.27. The van der Waals surface area contributed by atoms with Crippen LogP contribution >= 0.6 is 11.3 Å². The number of nitrogens with one attached hydrogen (secondary N) is 1. The van der Waals surface area contributed by atoms with Crippen molar-refractivity contribution in [2.24, 2.45) is 0 Å². The summed E-state index contributed by atoms with van der Waals surface area (Å²) < 4.78 is 24.8. The second-order valence-electron chi connectivity index (χ2n) is 7.31. The number of thiazole rings is 1. The molecule has 8 nitrogen and oxygen atoms in total. The van der Waals surface area contributed by atoms with Crippen LogP contribution in [0.5, 0.6) is 0 Å². The third-order valence-corrected chi connectivity index (χ3v) is 7.19. The smallest absolute Gasteiger partial charge is 0.211 e. The van der Waals surface area contributed by atoms with E-state index in [0.29, 0.717) is 32.7 Å². The Labute approximate surface area is 180 Å². The van der Waals surface area contributed by atoms with Gasteiger partial charge in [0.25, 0.3) is 0 Å². The monoisotopic (exact) mass is 444 g/mol. The number of aryl methyl sites for hydroxylation is 1. The Morgan fingerprint density at radius 1 is 1.10 bits per heavy atom. The molecule has 4 heterocycles. The topological polar surface area (TPSA) is 91.3 Å². The molecule has 1 saturated heterocycles. The van der Waals surface area contributed by atoms with Gasteiger partial charge in [-0.2, -0.15) is 4.31 Å². The average Bonchev–Trinajstić information content (AvgIpc) is 3.16. The molecule has 10 heteroatoms. The number of piperazine rings is 1. The zero-order valence-corrected chi connectivity index (χ0v) is 18.6. The van der Waals surface area contributed by atoms with Gasteiger partial charge in [-0.3, -0.25) is 4.90 Å². The Morgan fingerprint density at radius 2 is 1.90 bits per heavy atom. The number of hydrogen-bond acceptors (Lipinski definition) is 8. The number of sulfonamides is 1. The van der Waals surface area contributed by atoms with E-state index in [1.165, 1.54) is 10.6 Å². The molecular formula is C20H24N6O2S2. The minimum Gasteiger partial charge on any atom is -0.325 e. The van der Waals surface area contributed by atoms with Crippen molar-refractivity contribution in [3.05, 3.63) is 53.3 Å². The summed E-state index contributed by atoms with van der Waals surface area (Å²) in [6.45, 7) is 5.22. The first-order valence-electron chi connectivity index (χ1n) is 9.66. The molecule has 158 valence electrons. The summed E-state index contributed by atoms with van der Waals surface area (Å²) in [6, 6.07) is 9.77. The van der Waals surface area contributed by atoms with Crippen LogP contribution in [0.3, 0.4) is 0 Å². The molecule has 0 radical (unpaired) electrons. The van der Waals surface area contributed by atoms with Gasteiger partial charge in [-0.25, -0.2) is 23.4 Å². The average molecular weight is 445 g/mol. The van der Waals surface area contributed by atoms with Crippen LogP contribution in [0.2, 0.25) is 0 Å². The van der Waals surface area contributed by atoms with Gasteiger partial charge in [0, 0.05) is 38.6 Å². The van der Waals surface area contributed by atoms with Crippen LogP contribution in [-0.4, -0.2) is 65.0 Å². The summed E-state index contributed by atoms with van der Waals surface area (Å²) in [6.07, 6.45) is 4.89. The fourth-order valence-electron chi connectivity index (χ4n) is 3.29. The van der Waals surface area contributed by atoms with E-state index < -0.39 is 10.0 Å². The predicted octanol–water partition coefficient (Wildman–Crippen LogP) is 2.73. The molecule has 0 amide bonds. The molecule has 0 saturated carbocycles. The highest BCUT2D eigenvalue weighted by Gasteiger charge is 2.23.